The lowest BCUT2D eigenvalue weighted by Crippen LogP contribution is -2.73. The molecule has 0 spiro atoms. The number of barbiturate groups is 1. The molecule has 0 radical (unpaired) electrons. The van der Waals surface area contributed by atoms with Gasteiger partial charge in [0.25, 0.3) is 11.8 Å². The SMILES string of the molecule is O=C1NC(=O)C(c2ccc(Oc3ccc(Cl)c(Cl)c3)cc2)(N2CCN(c3cnccn3)CC2)C(=O)N1. The average Bonchev–Trinajstić information content (AvgIpc) is 2.88. The zero-order valence-electron chi connectivity index (χ0n) is 18.8. The molecule has 4 amide bonds. The van der Waals surface area contributed by atoms with Gasteiger partial charge in [0, 0.05) is 44.6 Å². The number of nitrogens with zero attached hydrogens (tertiary/aromatic N) is 4. The van der Waals surface area contributed by atoms with Crippen LogP contribution in [-0.4, -0.2) is 58.9 Å². The summed E-state index contributed by atoms with van der Waals surface area (Å²) in [6.07, 6.45) is 4.87. The lowest BCUT2D eigenvalue weighted by atomic mass is 9.84. The second kappa shape index (κ2) is 9.73. The highest BCUT2D eigenvalue weighted by Gasteiger charge is 2.56. The van der Waals surface area contributed by atoms with Gasteiger partial charge in [-0.2, -0.15) is 0 Å². The van der Waals surface area contributed by atoms with Crippen LogP contribution in [0.1, 0.15) is 5.56 Å². The summed E-state index contributed by atoms with van der Waals surface area (Å²) in [6, 6.07) is 10.6. The van der Waals surface area contributed by atoms with Crippen LogP contribution in [0.4, 0.5) is 10.6 Å². The first kappa shape index (κ1) is 24.0. The summed E-state index contributed by atoms with van der Waals surface area (Å²) in [4.78, 5) is 50.7. The number of urea groups is 1. The summed E-state index contributed by atoms with van der Waals surface area (Å²) in [7, 11) is 0. The van der Waals surface area contributed by atoms with Gasteiger partial charge in [0.1, 0.15) is 17.3 Å². The van der Waals surface area contributed by atoms with Crippen molar-refractivity contribution in [3.63, 3.8) is 0 Å². The highest BCUT2D eigenvalue weighted by atomic mass is 35.5. The Balaban J connectivity index is 1.43. The van der Waals surface area contributed by atoms with E-state index in [-0.39, 0.29) is 0 Å². The van der Waals surface area contributed by atoms with E-state index in [1.54, 1.807) is 66.0 Å². The molecule has 2 N–H and O–H groups in total. The Morgan fingerprint density at radius 2 is 1.50 bits per heavy atom. The first-order valence-electron chi connectivity index (χ1n) is 11.0. The second-order valence-corrected chi connectivity index (χ2v) is 9.00. The minimum Gasteiger partial charge on any atom is -0.457 e. The van der Waals surface area contributed by atoms with Crippen LogP contribution in [0.25, 0.3) is 0 Å². The Labute approximate surface area is 216 Å². The average molecular weight is 527 g/mol. The monoisotopic (exact) mass is 526 g/mol. The number of rotatable bonds is 5. The fraction of sp³-hybridized carbons (Fsp3) is 0.208. The third kappa shape index (κ3) is 4.34. The van der Waals surface area contributed by atoms with Gasteiger partial charge in [0.15, 0.2) is 0 Å². The zero-order chi connectivity index (χ0) is 25.3. The number of carbonyl (C=O) groups is 3. The Kier molecular flexibility index (Phi) is 6.48. The number of piperazine rings is 1. The van der Waals surface area contributed by atoms with Crippen molar-refractivity contribution in [2.75, 3.05) is 31.1 Å². The van der Waals surface area contributed by atoms with Gasteiger partial charge >= 0.3 is 6.03 Å². The van der Waals surface area contributed by atoms with E-state index in [2.05, 4.69) is 20.6 Å². The van der Waals surface area contributed by atoms with Crippen molar-refractivity contribution < 1.29 is 19.1 Å². The van der Waals surface area contributed by atoms with Crippen molar-refractivity contribution in [1.82, 2.24) is 25.5 Å². The summed E-state index contributed by atoms with van der Waals surface area (Å²) in [5.41, 5.74) is -1.33. The maximum absolute atomic E-state index is 13.3. The molecule has 3 aromatic rings. The van der Waals surface area contributed by atoms with Crippen LogP contribution < -0.4 is 20.3 Å². The number of hydrogen-bond acceptors (Lipinski definition) is 8. The lowest BCUT2D eigenvalue weighted by molar-refractivity contribution is -0.149. The number of halogens is 2. The minimum absolute atomic E-state index is 0.352. The molecule has 36 heavy (non-hydrogen) atoms. The highest BCUT2D eigenvalue weighted by Crippen LogP contribution is 2.35. The van der Waals surface area contributed by atoms with Crippen molar-refractivity contribution in [3.05, 3.63) is 76.7 Å². The first-order chi connectivity index (χ1) is 17.4. The number of aromatic nitrogens is 2. The third-order valence-corrected chi connectivity index (χ3v) is 6.88. The maximum atomic E-state index is 13.3. The molecule has 5 rings (SSSR count). The number of carbonyl (C=O) groups excluding carboxylic acids is 3. The van der Waals surface area contributed by atoms with Gasteiger partial charge in [0.05, 0.1) is 16.2 Å². The number of ether oxygens (including phenoxy) is 1. The molecule has 10 nitrogen and oxygen atoms in total. The van der Waals surface area contributed by atoms with Crippen LogP contribution in [0.3, 0.4) is 0 Å². The van der Waals surface area contributed by atoms with E-state index in [9.17, 15) is 14.4 Å². The van der Waals surface area contributed by atoms with Crippen LogP contribution in [0.5, 0.6) is 11.5 Å². The number of anilines is 1. The Hall–Kier alpha value is -3.73. The molecule has 1 aromatic heterocycles. The van der Waals surface area contributed by atoms with Crippen molar-refractivity contribution in [1.29, 1.82) is 0 Å². The fourth-order valence-corrected chi connectivity index (χ4v) is 4.71. The molecule has 0 saturated carbocycles. The standard InChI is InChI=1S/C24H20Cl2N6O4/c25-18-6-5-17(13-19(18)26)36-16-3-1-15(2-4-16)24(21(33)29-23(35)30-22(24)34)32-11-9-31(10-12-32)20-14-27-7-8-28-20/h1-8,13-14H,9-12H2,(H2,29,30,33,34,35). The molecule has 0 bridgehead atoms. The van der Waals surface area contributed by atoms with Gasteiger partial charge in [0.2, 0.25) is 5.54 Å². The number of benzene rings is 2. The Bertz CT molecular complexity index is 1290. The van der Waals surface area contributed by atoms with Crippen molar-refractivity contribution >= 4 is 46.9 Å². The maximum Gasteiger partial charge on any atom is 0.328 e. The summed E-state index contributed by atoms with van der Waals surface area (Å²) in [5, 5.41) is 5.28. The molecule has 2 aromatic carbocycles. The summed E-state index contributed by atoms with van der Waals surface area (Å²) >= 11 is 12.0. The number of imide groups is 2. The van der Waals surface area contributed by atoms with Crippen LogP contribution in [0.2, 0.25) is 10.0 Å². The van der Waals surface area contributed by atoms with Crippen molar-refractivity contribution in [2.45, 2.75) is 5.54 Å². The normalized spacial score (nSPS) is 17.9. The van der Waals surface area contributed by atoms with Gasteiger partial charge in [-0.15, -0.1) is 0 Å². The van der Waals surface area contributed by atoms with E-state index in [1.165, 1.54) is 0 Å². The van der Waals surface area contributed by atoms with Gasteiger partial charge in [-0.1, -0.05) is 35.3 Å². The molecular formula is C24H20Cl2N6O4. The topological polar surface area (TPSA) is 117 Å². The van der Waals surface area contributed by atoms with Gasteiger partial charge in [-0.3, -0.25) is 30.1 Å². The van der Waals surface area contributed by atoms with Crippen LogP contribution in [-0.2, 0) is 15.1 Å². The van der Waals surface area contributed by atoms with Gasteiger partial charge in [-0.25, -0.2) is 9.78 Å². The Morgan fingerprint density at radius 1 is 0.833 bits per heavy atom. The second-order valence-electron chi connectivity index (χ2n) is 8.19. The van der Waals surface area contributed by atoms with Gasteiger partial charge < -0.3 is 9.64 Å². The highest BCUT2D eigenvalue weighted by molar-refractivity contribution is 6.42. The largest absolute Gasteiger partial charge is 0.457 e. The Morgan fingerprint density at radius 3 is 2.11 bits per heavy atom. The van der Waals surface area contributed by atoms with Gasteiger partial charge in [-0.05, 0) is 29.8 Å². The van der Waals surface area contributed by atoms with E-state index in [0.29, 0.717) is 59.1 Å². The molecule has 0 unspecified atom stereocenters. The molecule has 2 aliphatic heterocycles. The predicted molar refractivity (Wildman–Crippen MR) is 132 cm³/mol. The molecule has 2 fully saturated rings. The molecule has 184 valence electrons. The van der Waals surface area contributed by atoms with E-state index in [0.717, 1.165) is 0 Å². The summed E-state index contributed by atoms with van der Waals surface area (Å²) < 4.78 is 5.84. The third-order valence-electron chi connectivity index (χ3n) is 6.14. The summed E-state index contributed by atoms with van der Waals surface area (Å²) in [5.74, 6) is 0.241. The fourth-order valence-electron chi connectivity index (χ4n) is 4.42. The molecule has 0 aliphatic carbocycles. The lowest BCUT2D eigenvalue weighted by Gasteiger charge is -2.46. The number of nitrogens with one attached hydrogen (secondary N) is 2. The number of amides is 4. The molecule has 2 saturated heterocycles. The van der Waals surface area contributed by atoms with Crippen LogP contribution in [0.15, 0.2) is 61.1 Å². The zero-order valence-corrected chi connectivity index (χ0v) is 20.3. The first-order valence-corrected chi connectivity index (χ1v) is 11.8. The smallest absolute Gasteiger partial charge is 0.328 e. The van der Waals surface area contributed by atoms with Crippen LogP contribution >= 0.6 is 23.2 Å². The summed E-state index contributed by atoms with van der Waals surface area (Å²) in [6.45, 7) is 1.75. The minimum atomic E-state index is -1.73. The van der Waals surface area contributed by atoms with Crippen LogP contribution in [0, 0.1) is 0 Å². The quantitative estimate of drug-likeness (QED) is 0.487. The molecule has 2 aliphatic rings. The molecular weight excluding hydrogens is 507 g/mol. The molecule has 3 heterocycles. The van der Waals surface area contributed by atoms with E-state index in [4.69, 9.17) is 27.9 Å². The molecule has 0 atom stereocenters. The number of hydrogen-bond donors (Lipinski definition) is 2. The van der Waals surface area contributed by atoms with E-state index >= 15 is 0 Å². The van der Waals surface area contributed by atoms with Crippen molar-refractivity contribution in [2.24, 2.45) is 0 Å². The predicted octanol–water partition coefficient (Wildman–Crippen LogP) is 2.96. The van der Waals surface area contributed by atoms with E-state index in [1.807, 2.05) is 4.90 Å². The van der Waals surface area contributed by atoms with Crippen molar-refractivity contribution in [3.8, 4) is 11.5 Å². The molecule has 12 heteroatoms. The van der Waals surface area contributed by atoms with E-state index < -0.39 is 23.4 Å².